The first-order valence-electron chi connectivity index (χ1n) is 32.1. The molecule has 3 aliphatic heterocycles. The second kappa shape index (κ2) is 35.7. The summed E-state index contributed by atoms with van der Waals surface area (Å²) in [5, 5.41) is 1.93. The molecule has 3 saturated heterocycles. The molecule has 0 saturated carbocycles. The van der Waals surface area contributed by atoms with Gasteiger partial charge in [0.25, 0.3) is 0 Å². The molecule has 15 nitrogen and oxygen atoms in total. The highest BCUT2D eigenvalue weighted by atomic mass is 19.4. The Morgan fingerprint density at radius 2 is 0.634 bits per heavy atom. The van der Waals surface area contributed by atoms with Crippen LogP contribution in [0.4, 0.5) is 13.2 Å². The number of rotatable bonds is 33. The molecular formula is C75H86F3NO14. The van der Waals surface area contributed by atoms with Gasteiger partial charge in [0.05, 0.1) is 91.0 Å². The third-order valence-corrected chi connectivity index (χ3v) is 17.0. The van der Waals surface area contributed by atoms with Crippen molar-refractivity contribution in [2.45, 2.75) is 153 Å². The second-order valence-electron chi connectivity index (χ2n) is 23.9. The second-order valence-corrected chi connectivity index (χ2v) is 23.9. The number of benzene rings is 7. The van der Waals surface area contributed by atoms with Gasteiger partial charge >= 0.3 is 12.1 Å². The first-order chi connectivity index (χ1) is 45.4. The summed E-state index contributed by atoms with van der Waals surface area (Å²) in [7, 11) is 0. The van der Waals surface area contributed by atoms with E-state index in [1.165, 1.54) is 0 Å². The SMILES string of the molecule is CC1C(OCc2ccccc2)[C@H](OCCCNC(=O)C(F)(F)F)O[C@@H](COCc2ccccc2)[C@H]1O[C@@H]1OC(COCc2ccccc2)[C@H](O[C@H]2OC(COCc3ccccc3)[C@H](OCc3ccccc3)[C@H](C)C2OCc2ccccc2)[C@H](C)C1OCc1ccccc1. The maximum absolute atomic E-state index is 13.2. The minimum absolute atomic E-state index is 0.0256. The fourth-order valence-electron chi connectivity index (χ4n) is 12.0. The fourth-order valence-corrected chi connectivity index (χ4v) is 12.0. The van der Waals surface area contributed by atoms with E-state index >= 15 is 0 Å². The van der Waals surface area contributed by atoms with Gasteiger partial charge in [-0.15, -0.1) is 0 Å². The summed E-state index contributed by atoms with van der Waals surface area (Å²) in [6, 6.07) is 69.2. The summed E-state index contributed by atoms with van der Waals surface area (Å²) in [6.07, 6.45) is -14.8. The largest absolute Gasteiger partial charge is 0.471 e. The zero-order valence-electron chi connectivity index (χ0n) is 52.9. The van der Waals surface area contributed by atoms with Crippen molar-refractivity contribution >= 4 is 5.91 Å². The predicted octanol–water partition coefficient (Wildman–Crippen LogP) is 12.9. The molecule has 3 heterocycles. The number of carbonyl (C=O) groups excluding carboxylic acids is 1. The van der Waals surface area contributed by atoms with Crippen molar-refractivity contribution in [3.05, 3.63) is 251 Å². The average Bonchev–Trinajstić information content (AvgIpc) is 0.876. The number of alkyl halides is 3. The van der Waals surface area contributed by atoms with Crippen LogP contribution in [0.3, 0.4) is 0 Å². The molecule has 0 spiro atoms. The topological polar surface area (TPSA) is 149 Å². The van der Waals surface area contributed by atoms with Gasteiger partial charge in [0.1, 0.15) is 36.6 Å². The van der Waals surface area contributed by atoms with E-state index in [2.05, 4.69) is 13.8 Å². The lowest BCUT2D eigenvalue weighted by Gasteiger charge is -2.51. The smallest absolute Gasteiger partial charge is 0.374 e. The Bertz CT molecular complexity index is 3200. The van der Waals surface area contributed by atoms with Crippen LogP contribution in [0.15, 0.2) is 212 Å². The molecule has 7 aromatic carbocycles. The van der Waals surface area contributed by atoms with Gasteiger partial charge in [0.15, 0.2) is 18.9 Å². The highest BCUT2D eigenvalue weighted by Crippen LogP contribution is 2.41. The van der Waals surface area contributed by atoms with Gasteiger partial charge in [-0.3, -0.25) is 4.79 Å². The standard InChI is InChI=1S/C75H86F3NO14/c1-52-65(85-45-58-32-17-7-18-33-58)62(49-81-42-55-26-11-4-12-27-55)90-72(69(52)87-47-60-36-21-9-22-37-60)93-67-54(3)70(88-48-61-38-23-10-24-39-61)73(91-64(67)51-83-44-57-30-15-6-16-31-57)92-66-53(2)68(86-46-59-34-19-8-20-35-59)71(84-41-25-40-79-74(80)75(76,77)78)89-63(66)50-82-43-56-28-13-5-14-29-56/h4-24,26-39,52-54,62-73H,25,40-51H2,1-3H3,(H,79,80)/t52-,53?,54-,62?,63-,64?,65+,66-,67+,68?,69?,70?,71+,72+,73-/m0/s1. The van der Waals surface area contributed by atoms with Crippen molar-refractivity contribution in [2.75, 3.05) is 33.0 Å². The lowest BCUT2D eigenvalue weighted by atomic mass is 9.87. The van der Waals surface area contributed by atoms with Gasteiger partial charge in [-0.2, -0.15) is 13.2 Å². The number of nitrogens with one attached hydrogen (secondary N) is 1. The third-order valence-electron chi connectivity index (χ3n) is 17.0. The summed E-state index contributed by atoms with van der Waals surface area (Å²) < 4.78 is 130. The minimum atomic E-state index is -5.02. The lowest BCUT2D eigenvalue weighted by Crippen LogP contribution is -2.64. The molecular weight excluding hydrogens is 1200 g/mol. The molecule has 0 radical (unpaired) electrons. The molecule has 15 atom stereocenters. The van der Waals surface area contributed by atoms with Crippen LogP contribution in [0.1, 0.15) is 66.1 Å². The van der Waals surface area contributed by atoms with E-state index < -0.39 is 97.7 Å². The number of carbonyl (C=O) groups is 1. The number of amides is 1. The van der Waals surface area contributed by atoms with Crippen LogP contribution in [0.25, 0.3) is 0 Å². The van der Waals surface area contributed by atoms with Gasteiger partial charge in [0.2, 0.25) is 0 Å². The normalized spacial score (nSPS) is 26.5. The van der Waals surface area contributed by atoms with Crippen molar-refractivity contribution in [1.82, 2.24) is 5.32 Å². The Kier molecular flexibility index (Phi) is 26.5. The highest BCUT2D eigenvalue weighted by Gasteiger charge is 2.54. The first kappa shape index (κ1) is 69.1. The molecule has 93 heavy (non-hydrogen) atoms. The van der Waals surface area contributed by atoms with Crippen LogP contribution >= 0.6 is 0 Å². The Balaban J connectivity index is 0.982. The zero-order valence-corrected chi connectivity index (χ0v) is 52.9. The monoisotopic (exact) mass is 1280 g/mol. The molecule has 3 aliphatic rings. The van der Waals surface area contributed by atoms with Crippen LogP contribution in [0, 0.1) is 17.8 Å². The van der Waals surface area contributed by atoms with Crippen LogP contribution in [-0.2, 0) is 113 Å². The molecule has 1 N–H and O–H groups in total. The molecule has 0 aliphatic carbocycles. The van der Waals surface area contributed by atoms with E-state index in [1.54, 1.807) is 0 Å². The van der Waals surface area contributed by atoms with E-state index in [1.807, 2.05) is 225 Å². The van der Waals surface area contributed by atoms with Crippen LogP contribution in [0.2, 0.25) is 0 Å². The number of halogens is 3. The van der Waals surface area contributed by atoms with E-state index in [0.717, 1.165) is 38.9 Å². The van der Waals surface area contributed by atoms with Crippen molar-refractivity contribution in [3.63, 3.8) is 0 Å². The van der Waals surface area contributed by atoms with E-state index in [9.17, 15) is 18.0 Å². The van der Waals surface area contributed by atoms with E-state index in [-0.39, 0.29) is 78.3 Å². The lowest BCUT2D eigenvalue weighted by molar-refractivity contribution is -0.378. The van der Waals surface area contributed by atoms with Crippen LogP contribution in [-0.4, -0.2) is 119 Å². The summed E-state index contributed by atoms with van der Waals surface area (Å²) in [5.74, 6) is -3.35. The summed E-state index contributed by atoms with van der Waals surface area (Å²) >= 11 is 0. The van der Waals surface area contributed by atoms with Crippen LogP contribution < -0.4 is 5.32 Å². The number of ether oxygens (including phenoxy) is 13. The Hall–Kier alpha value is -6.72. The molecule has 7 aromatic rings. The van der Waals surface area contributed by atoms with Crippen molar-refractivity contribution < 1.29 is 79.5 Å². The third kappa shape index (κ3) is 20.6. The highest BCUT2D eigenvalue weighted by molar-refractivity contribution is 5.81. The average molecular weight is 1280 g/mol. The van der Waals surface area contributed by atoms with Crippen LogP contribution in [0.5, 0.6) is 0 Å². The predicted molar refractivity (Wildman–Crippen MR) is 341 cm³/mol. The van der Waals surface area contributed by atoms with Gasteiger partial charge in [-0.05, 0) is 45.4 Å². The molecule has 0 aromatic heterocycles. The number of hydrogen-bond donors (Lipinski definition) is 1. The molecule has 3 fully saturated rings. The molecule has 18 heteroatoms. The Morgan fingerprint density at radius 1 is 0.366 bits per heavy atom. The van der Waals surface area contributed by atoms with Crippen molar-refractivity contribution in [3.8, 4) is 0 Å². The van der Waals surface area contributed by atoms with Gasteiger partial charge in [-0.1, -0.05) is 233 Å². The van der Waals surface area contributed by atoms with E-state index in [0.29, 0.717) is 13.2 Å². The van der Waals surface area contributed by atoms with Crippen molar-refractivity contribution in [1.29, 1.82) is 0 Å². The van der Waals surface area contributed by atoms with E-state index in [4.69, 9.17) is 61.6 Å². The molecule has 496 valence electrons. The molecule has 6 unspecified atom stereocenters. The van der Waals surface area contributed by atoms with Gasteiger partial charge < -0.3 is 66.9 Å². The fraction of sp³-hybridized carbons (Fsp3) is 0.427. The quantitative estimate of drug-likeness (QED) is 0.0389. The van der Waals surface area contributed by atoms with Gasteiger partial charge in [0, 0.05) is 24.3 Å². The van der Waals surface area contributed by atoms with Gasteiger partial charge in [-0.25, -0.2) is 0 Å². The maximum Gasteiger partial charge on any atom is 0.471 e. The Labute approximate surface area is 543 Å². The molecule has 1 amide bonds. The Morgan fingerprint density at radius 3 is 0.957 bits per heavy atom. The summed E-state index contributed by atoms with van der Waals surface area (Å²) in [5.41, 5.74) is 6.70. The molecule has 0 bridgehead atoms. The summed E-state index contributed by atoms with van der Waals surface area (Å²) in [4.78, 5) is 11.7. The summed E-state index contributed by atoms with van der Waals surface area (Å²) in [6.45, 7) is 7.89. The zero-order chi connectivity index (χ0) is 64.6. The number of hydrogen-bond acceptors (Lipinski definition) is 14. The first-order valence-corrected chi connectivity index (χ1v) is 32.1. The maximum atomic E-state index is 13.2. The minimum Gasteiger partial charge on any atom is -0.374 e. The van der Waals surface area contributed by atoms with Crippen molar-refractivity contribution in [2.24, 2.45) is 17.8 Å². The molecule has 10 rings (SSSR count).